The van der Waals surface area contributed by atoms with Crippen LogP contribution in [0.25, 0.3) is 0 Å². The van der Waals surface area contributed by atoms with Gasteiger partial charge in [0.1, 0.15) is 5.69 Å². The normalized spacial score (nSPS) is 10.8. The molecule has 0 aliphatic heterocycles. The molecule has 0 saturated carbocycles. The molecule has 0 amide bonds. The summed E-state index contributed by atoms with van der Waals surface area (Å²) in [6, 6.07) is 3.32. The zero-order chi connectivity index (χ0) is 14.2. The highest BCUT2D eigenvalue weighted by atomic mass is 79.9. The summed E-state index contributed by atoms with van der Waals surface area (Å²) in [5.41, 5.74) is 7.79. The van der Waals surface area contributed by atoms with Gasteiger partial charge < -0.3 is 10.5 Å². The van der Waals surface area contributed by atoms with E-state index in [0.717, 1.165) is 11.4 Å². The number of rotatable bonds is 3. The molecule has 0 aliphatic rings. The molecular weight excluding hydrogens is 313 g/mol. The highest BCUT2D eigenvalue weighted by Gasteiger charge is 2.16. The van der Waals surface area contributed by atoms with Crippen LogP contribution in [0.15, 0.2) is 16.6 Å². The number of halogens is 2. The molecule has 2 aromatic rings. The van der Waals surface area contributed by atoms with Crippen LogP contribution in [0.4, 0.5) is 4.39 Å². The Morgan fingerprint density at radius 3 is 2.63 bits per heavy atom. The monoisotopic (exact) mass is 327 g/mol. The van der Waals surface area contributed by atoms with E-state index in [1.165, 1.54) is 0 Å². The minimum atomic E-state index is -0.453. The number of hydrogen-bond acceptors (Lipinski definition) is 3. The minimum absolute atomic E-state index is 0.156. The van der Waals surface area contributed by atoms with Gasteiger partial charge in [-0.1, -0.05) is 6.07 Å². The fraction of sp³-hybridized carbons (Fsp3) is 0.308. The summed E-state index contributed by atoms with van der Waals surface area (Å²) in [4.78, 5) is 0. The summed E-state index contributed by atoms with van der Waals surface area (Å²) in [7, 11) is 1.82. The van der Waals surface area contributed by atoms with Crippen molar-refractivity contribution < 1.29 is 9.13 Å². The van der Waals surface area contributed by atoms with Crippen LogP contribution in [-0.4, -0.2) is 9.78 Å². The van der Waals surface area contributed by atoms with Gasteiger partial charge in [-0.2, -0.15) is 5.10 Å². The van der Waals surface area contributed by atoms with Gasteiger partial charge in [0.05, 0.1) is 10.2 Å². The van der Waals surface area contributed by atoms with Crippen LogP contribution in [-0.2, 0) is 13.6 Å². The van der Waals surface area contributed by atoms with E-state index in [9.17, 15) is 4.39 Å². The average molecular weight is 328 g/mol. The minimum Gasteiger partial charge on any atom is -0.450 e. The third-order valence-corrected chi connectivity index (χ3v) is 3.86. The number of nitrogens with two attached hydrogens (primary N) is 1. The van der Waals surface area contributed by atoms with Gasteiger partial charge in [0.15, 0.2) is 17.3 Å². The highest BCUT2D eigenvalue weighted by molar-refractivity contribution is 9.10. The van der Waals surface area contributed by atoms with E-state index in [4.69, 9.17) is 10.5 Å². The Morgan fingerprint density at radius 1 is 1.42 bits per heavy atom. The van der Waals surface area contributed by atoms with Crippen molar-refractivity contribution in [1.29, 1.82) is 0 Å². The lowest BCUT2D eigenvalue weighted by atomic mass is 10.2. The van der Waals surface area contributed by atoms with Gasteiger partial charge in [0.25, 0.3) is 0 Å². The number of aryl methyl sites for hydroxylation is 2. The first-order chi connectivity index (χ1) is 8.95. The van der Waals surface area contributed by atoms with Crippen molar-refractivity contribution >= 4 is 15.9 Å². The second-order valence-corrected chi connectivity index (χ2v) is 5.07. The first kappa shape index (κ1) is 14.0. The Morgan fingerprint density at radius 2 is 2.11 bits per heavy atom. The van der Waals surface area contributed by atoms with Crippen molar-refractivity contribution in [1.82, 2.24) is 9.78 Å². The van der Waals surface area contributed by atoms with Gasteiger partial charge in [0, 0.05) is 13.6 Å². The Bertz CT molecular complexity index is 625. The SMILES string of the molecule is Cc1nn(C)c(C)c1Oc1ccc(CN)c(Br)c1F. The van der Waals surface area contributed by atoms with E-state index in [0.29, 0.717) is 15.8 Å². The zero-order valence-electron chi connectivity index (χ0n) is 11.0. The van der Waals surface area contributed by atoms with Gasteiger partial charge in [-0.25, -0.2) is 4.39 Å². The van der Waals surface area contributed by atoms with Crippen molar-refractivity contribution in [2.45, 2.75) is 20.4 Å². The predicted molar refractivity (Wildman–Crippen MR) is 74.7 cm³/mol. The zero-order valence-corrected chi connectivity index (χ0v) is 12.6. The van der Waals surface area contributed by atoms with Crippen molar-refractivity contribution in [2.24, 2.45) is 12.8 Å². The molecule has 1 heterocycles. The maximum atomic E-state index is 14.2. The molecule has 0 unspecified atom stereocenters. The molecule has 0 radical (unpaired) electrons. The van der Waals surface area contributed by atoms with Crippen molar-refractivity contribution in [3.05, 3.63) is 39.4 Å². The van der Waals surface area contributed by atoms with E-state index < -0.39 is 5.82 Å². The third-order valence-electron chi connectivity index (χ3n) is 3.00. The number of aromatic nitrogens is 2. The standard InChI is InChI=1S/C13H15BrFN3O/c1-7-13(8(2)18(3)17-7)19-10-5-4-9(6-16)11(14)12(10)15/h4-5H,6,16H2,1-3H3. The Labute approximate surface area is 119 Å². The summed E-state index contributed by atoms with van der Waals surface area (Å²) in [6.45, 7) is 3.96. The van der Waals surface area contributed by atoms with Gasteiger partial charge in [0.2, 0.25) is 0 Å². The molecule has 4 nitrogen and oxygen atoms in total. The maximum absolute atomic E-state index is 14.2. The van der Waals surface area contributed by atoms with Gasteiger partial charge >= 0.3 is 0 Å². The number of hydrogen-bond donors (Lipinski definition) is 1. The summed E-state index contributed by atoms with van der Waals surface area (Å²) in [5, 5.41) is 4.23. The molecule has 0 aliphatic carbocycles. The van der Waals surface area contributed by atoms with Crippen LogP contribution >= 0.6 is 15.9 Å². The molecule has 0 spiro atoms. The Kier molecular flexibility index (Phi) is 3.91. The molecule has 1 aromatic carbocycles. The Balaban J connectivity index is 2.42. The molecule has 0 bridgehead atoms. The first-order valence-electron chi connectivity index (χ1n) is 5.80. The molecule has 2 N–H and O–H groups in total. The predicted octanol–water partition coefficient (Wildman–Crippen LogP) is 3.19. The lowest BCUT2D eigenvalue weighted by molar-refractivity contribution is 0.433. The topological polar surface area (TPSA) is 53.1 Å². The van der Waals surface area contributed by atoms with Crippen molar-refractivity contribution in [3.8, 4) is 11.5 Å². The molecule has 2 rings (SSSR count). The fourth-order valence-corrected chi connectivity index (χ4v) is 2.31. The number of ether oxygens (including phenoxy) is 1. The van der Waals surface area contributed by atoms with Gasteiger partial charge in [-0.15, -0.1) is 0 Å². The van der Waals surface area contributed by atoms with E-state index in [-0.39, 0.29) is 12.3 Å². The summed E-state index contributed by atoms with van der Waals surface area (Å²) >= 11 is 3.19. The molecule has 19 heavy (non-hydrogen) atoms. The van der Waals surface area contributed by atoms with Crippen LogP contribution in [0, 0.1) is 19.7 Å². The van der Waals surface area contributed by atoms with Crippen molar-refractivity contribution in [2.75, 3.05) is 0 Å². The fourth-order valence-electron chi connectivity index (χ4n) is 1.82. The first-order valence-corrected chi connectivity index (χ1v) is 6.60. The quantitative estimate of drug-likeness (QED) is 0.941. The van der Waals surface area contributed by atoms with Crippen LogP contribution in [0.2, 0.25) is 0 Å². The van der Waals surface area contributed by atoms with E-state index in [1.54, 1.807) is 16.8 Å². The van der Waals surface area contributed by atoms with Gasteiger partial charge in [-0.05, 0) is 41.4 Å². The van der Waals surface area contributed by atoms with Gasteiger partial charge in [-0.3, -0.25) is 4.68 Å². The second-order valence-electron chi connectivity index (χ2n) is 4.28. The lowest BCUT2D eigenvalue weighted by Crippen LogP contribution is -2.00. The van der Waals surface area contributed by atoms with E-state index in [1.807, 2.05) is 20.9 Å². The second kappa shape index (κ2) is 5.30. The summed E-state index contributed by atoms with van der Waals surface area (Å²) < 4.78 is 21.8. The lowest BCUT2D eigenvalue weighted by Gasteiger charge is -2.10. The smallest absolute Gasteiger partial charge is 0.180 e. The largest absolute Gasteiger partial charge is 0.450 e. The molecular formula is C13H15BrFN3O. The molecule has 0 saturated heterocycles. The van der Waals surface area contributed by atoms with Crippen LogP contribution in [0.3, 0.4) is 0 Å². The van der Waals surface area contributed by atoms with Crippen LogP contribution in [0.1, 0.15) is 17.0 Å². The molecule has 0 atom stereocenters. The van der Waals surface area contributed by atoms with Crippen LogP contribution in [0.5, 0.6) is 11.5 Å². The average Bonchev–Trinajstić information content (AvgIpc) is 2.61. The number of nitrogens with zero attached hydrogens (tertiary/aromatic N) is 2. The molecule has 6 heteroatoms. The molecule has 1 aromatic heterocycles. The number of benzene rings is 1. The summed E-state index contributed by atoms with van der Waals surface area (Å²) in [5.74, 6) is 0.280. The van der Waals surface area contributed by atoms with E-state index >= 15 is 0 Å². The molecule has 0 fully saturated rings. The van der Waals surface area contributed by atoms with Crippen LogP contribution < -0.4 is 10.5 Å². The summed E-state index contributed by atoms with van der Waals surface area (Å²) in [6.07, 6.45) is 0. The van der Waals surface area contributed by atoms with E-state index in [2.05, 4.69) is 21.0 Å². The highest BCUT2D eigenvalue weighted by Crippen LogP contribution is 2.34. The Hall–Kier alpha value is -1.40. The van der Waals surface area contributed by atoms with Crippen molar-refractivity contribution in [3.63, 3.8) is 0 Å². The third kappa shape index (κ3) is 2.50. The maximum Gasteiger partial charge on any atom is 0.180 e. The molecule has 102 valence electrons.